The van der Waals surface area contributed by atoms with Crippen molar-refractivity contribution >= 4 is 34.6 Å². The van der Waals surface area contributed by atoms with Gasteiger partial charge in [0.25, 0.3) is 0 Å². The van der Waals surface area contributed by atoms with Crippen LogP contribution in [0.15, 0.2) is 89.9 Å². The number of carbonyl (C=O) groups excluding carboxylic acids is 5. The quantitative estimate of drug-likeness (QED) is 0.0860. The van der Waals surface area contributed by atoms with E-state index in [1.807, 2.05) is 133 Å². The summed E-state index contributed by atoms with van der Waals surface area (Å²) in [5.74, 6) is -1.71. The fourth-order valence-corrected chi connectivity index (χ4v) is 5.66. The molecule has 0 fully saturated rings. The normalized spacial score (nSPS) is 10.6. The number of carbonyl (C=O) groups is 5. The number of rotatable bonds is 13. The number of aliphatic imine (C=N–C) groups is 1. The second kappa shape index (κ2) is 21.2. The Hall–Kier alpha value is -5.14. The van der Waals surface area contributed by atoms with Crippen molar-refractivity contribution in [3.8, 4) is 0 Å². The van der Waals surface area contributed by atoms with E-state index in [-0.39, 0.29) is 18.9 Å². The maximum atomic E-state index is 12.7. The van der Waals surface area contributed by atoms with Gasteiger partial charge in [0.1, 0.15) is 6.54 Å². The van der Waals surface area contributed by atoms with E-state index in [2.05, 4.69) is 4.99 Å². The molecule has 7 nitrogen and oxygen atoms in total. The Bertz CT molecular complexity index is 1810. The minimum Gasteiger partial charge on any atom is -0.324 e. The van der Waals surface area contributed by atoms with Gasteiger partial charge in [0, 0.05) is 22.4 Å². The number of nitrogens with zero attached hydrogens (tertiary/aromatic N) is 1. The van der Waals surface area contributed by atoms with E-state index in [9.17, 15) is 24.0 Å². The lowest BCUT2D eigenvalue weighted by molar-refractivity contribution is -0.114. The summed E-state index contributed by atoms with van der Waals surface area (Å²) >= 11 is 0. The molecule has 7 heteroatoms. The molecule has 51 heavy (non-hydrogen) atoms. The summed E-state index contributed by atoms with van der Waals surface area (Å²) in [5, 5.41) is 0. The monoisotopic (exact) mass is 688 g/mol. The SMILES string of the molecule is CC(=O)c1ccccc1.CCc1cc(C)cc(CC)c1C(=O)C(=O)CN.CCc1cc(C)cc(CC)c1C(=O)C(=O)CN=C(C)c1ccccc1. The van der Waals surface area contributed by atoms with Gasteiger partial charge < -0.3 is 5.73 Å². The van der Waals surface area contributed by atoms with Gasteiger partial charge in [-0.15, -0.1) is 0 Å². The molecule has 2 N–H and O–H groups in total. The van der Waals surface area contributed by atoms with Gasteiger partial charge in [0.15, 0.2) is 5.78 Å². The highest BCUT2D eigenvalue weighted by molar-refractivity contribution is 6.45. The third-order valence-electron chi connectivity index (χ3n) is 8.39. The molecule has 0 aromatic heterocycles. The summed E-state index contributed by atoms with van der Waals surface area (Å²) in [6.45, 7) is 15.1. The number of ketones is 5. The maximum Gasteiger partial charge on any atom is 0.231 e. The highest BCUT2D eigenvalue weighted by Crippen LogP contribution is 2.21. The molecule has 0 radical (unpaired) electrons. The molecule has 0 saturated carbocycles. The molecule has 4 rings (SSSR count). The molecule has 4 aromatic rings. The molecule has 0 aliphatic rings. The van der Waals surface area contributed by atoms with Crippen LogP contribution in [0.5, 0.6) is 0 Å². The summed E-state index contributed by atoms with van der Waals surface area (Å²) in [6.07, 6.45) is 2.95. The largest absolute Gasteiger partial charge is 0.324 e. The van der Waals surface area contributed by atoms with E-state index in [0.717, 1.165) is 75.9 Å². The first-order valence-electron chi connectivity index (χ1n) is 17.5. The second-order valence-corrected chi connectivity index (χ2v) is 12.2. The Kier molecular flexibility index (Phi) is 17.4. The van der Waals surface area contributed by atoms with Crippen molar-refractivity contribution in [2.24, 2.45) is 10.7 Å². The van der Waals surface area contributed by atoms with Gasteiger partial charge in [-0.3, -0.25) is 29.0 Å². The lowest BCUT2D eigenvalue weighted by Crippen LogP contribution is -2.25. The molecule has 0 unspecified atom stereocenters. The molecule has 0 bridgehead atoms. The van der Waals surface area contributed by atoms with Crippen LogP contribution < -0.4 is 5.73 Å². The van der Waals surface area contributed by atoms with Crippen LogP contribution in [0.2, 0.25) is 0 Å². The lowest BCUT2D eigenvalue weighted by Gasteiger charge is -2.13. The van der Waals surface area contributed by atoms with Crippen LogP contribution in [0.4, 0.5) is 0 Å². The van der Waals surface area contributed by atoms with Gasteiger partial charge in [0.2, 0.25) is 23.1 Å². The van der Waals surface area contributed by atoms with Crippen LogP contribution in [0.3, 0.4) is 0 Å². The first kappa shape index (κ1) is 42.0. The zero-order valence-electron chi connectivity index (χ0n) is 31.4. The van der Waals surface area contributed by atoms with E-state index >= 15 is 0 Å². The zero-order chi connectivity index (χ0) is 38.1. The van der Waals surface area contributed by atoms with E-state index in [1.165, 1.54) is 0 Å². The molecule has 0 atom stereocenters. The zero-order valence-corrected chi connectivity index (χ0v) is 31.4. The number of Topliss-reactive ketones (excluding diaryl/α,β-unsaturated/α-hetero) is 5. The smallest absolute Gasteiger partial charge is 0.231 e. The Morgan fingerprint density at radius 3 is 1.22 bits per heavy atom. The minimum atomic E-state index is -0.516. The lowest BCUT2D eigenvalue weighted by atomic mass is 9.91. The fourth-order valence-electron chi connectivity index (χ4n) is 5.66. The Balaban J connectivity index is 0.000000297. The molecular weight excluding hydrogens is 636 g/mol. The van der Waals surface area contributed by atoms with Crippen molar-refractivity contribution in [1.82, 2.24) is 0 Å². The number of hydrogen-bond acceptors (Lipinski definition) is 7. The van der Waals surface area contributed by atoms with Crippen molar-refractivity contribution in [2.75, 3.05) is 13.1 Å². The van der Waals surface area contributed by atoms with Gasteiger partial charge in [-0.1, -0.05) is 124 Å². The summed E-state index contributed by atoms with van der Waals surface area (Å²) in [4.78, 5) is 63.6. The standard InChI is InChI=1S/C22H25NO2.C14H19NO2.C8H8O/c1-5-17-12-15(3)13-18(6-2)21(17)22(25)20(24)14-23-16(4)19-10-8-7-9-11-19;1-4-10-6-9(3)7-11(5-2)13(10)14(17)12(16)8-15;1-7(9)8-5-3-2-4-6-8/h7-13H,5-6,14H2,1-4H3;6-7H,4-5,8,15H2,1-3H3;2-6H,1H3. The van der Waals surface area contributed by atoms with Crippen molar-refractivity contribution in [2.45, 2.75) is 81.1 Å². The summed E-state index contributed by atoms with van der Waals surface area (Å²) in [7, 11) is 0. The van der Waals surface area contributed by atoms with Crippen molar-refractivity contribution in [3.63, 3.8) is 0 Å². The van der Waals surface area contributed by atoms with Gasteiger partial charge in [0.05, 0.1) is 6.54 Å². The van der Waals surface area contributed by atoms with E-state index in [0.29, 0.717) is 11.1 Å². The van der Waals surface area contributed by atoms with Crippen LogP contribution in [-0.2, 0) is 35.3 Å². The second-order valence-electron chi connectivity index (χ2n) is 12.2. The molecule has 0 spiro atoms. The molecule has 0 amide bonds. The van der Waals surface area contributed by atoms with Gasteiger partial charge in [-0.05, 0) is 81.2 Å². The number of benzene rings is 4. The highest BCUT2D eigenvalue weighted by atomic mass is 16.2. The Morgan fingerprint density at radius 2 is 0.902 bits per heavy atom. The van der Waals surface area contributed by atoms with E-state index < -0.39 is 23.1 Å². The Morgan fingerprint density at radius 1 is 0.549 bits per heavy atom. The number of nitrogens with two attached hydrogens (primary N) is 1. The average molecular weight is 689 g/mol. The van der Waals surface area contributed by atoms with Crippen LogP contribution in [0.1, 0.15) is 112 Å². The molecule has 4 aromatic carbocycles. The molecule has 0 heterocycles. The van der Waals surface area contributed by atoms with Crippen LogP contribution >= 0.6 is 0 Å². The number of hydrogen-bond donors (Lipinski definition) is 1. The Labute approximate surface area is 303 Å². The predicted octanol–water partition coefficient (Wildman–Crippen LogP) is 8.10. The third kappa shape index (κ3) is 12.3. The van der Waals surface area contributed by atoms with Crippen LogP contribution in [0, 0.1) is 13.8 Å². The molecule has 268 valence electrons. The first-order chi connectivity index (χ1) is 24.3. The van der Waals surface area contributed by atoms with Crippen LogP contribution in [-0.4, -0.2) is 47.7 Å². The maximum absolute atomic E-state index is 12.7. The van der Waals surface area contributed by atoms with Gasteiger partial charge >= 0.3 is 0 Å². The van der Waals surface area contributed by atoms with Crippen LogP contribution in [0.25, 0.3) is 0 Å². The molecule has 0 aliphatic carbocycles. The summed E-state index contributed by atoms with van der Waals surface area (Å²) in [5.41, 5.74) is 14.9. The topological polar surface area (TPSA) is 124 Å². The summed E-state index contributed by atoms with van der Waals surface area (Å²) in [6, 6.07) is 26.8. The van der Waals surface area contributed by atoms with Gasteiger partial charge in [-0.25, -0.2) is 0 Å². The van der Waals surface area contributed by atoms with E-state index in [1.54, 1.807) is 6.92 Å². The van der Waals surface area contributed by atoms with E-state index in [4.69, 9.17) is 5.73 Å². The molecule has 0 saturated heterocycles. The fraction of sp³-hybridized carbons (Fsp3) is 0.318. The molecular formula is C44H52N2O5. The predicted molar refractivity (Wildman–Crippen MR) is 208 cm³/mol. The third-order valence-corrected chi connectivity index (χ3v) is 8.39. The molecule has 0 aliphatic heterocycles. The van der Waals surface area contributed by atoms with Crippen molar-refractivity contribution in [3.05, 3.63) is 141 Å². The van der Waals surface area contributed by atoms with Crippen molar-refractivity contribution in [1.29, 1.82) is 0 Å². The first-order valence-corrected chi connectivity index (χ1v) is 17.5. The summed E-state index contributed by atoms with van der Waals surface area (Å²) < 4.78 is 0. The number of aryl methyl sites for hydroxylation is 6. The van der Waals surface area contributed by atoms with Gasteiger partial charge in [-0.2, -0.15) is 0 Å². The minimum absolute atomic E-state index is 0.111. The highest BCUT2D eigenvalue weighted by Gasteiger charge is 2.23. The average Bonchev–Trinajstić information content (AvgIpc) is 3.16. The van der Waals surface area contributed by atoms with Crippen molar-refractivity contribution < 1.29 is 24.0 Å².